The van der Waals surface area contributed by atoms with Crippen LogP contribution < -0.4 is 9.47 Å². The van der Waals surface area contributed by atoms with Crippen LogP contribution in [0.25, 0.3) is 6.08 Å². The standard InChI is InChI=1S/C18H21NO3S2/c1-21-14-9-8-12(15(11-14)22-2)10-16-17(20)19(18(23)24-16)13-6-4-3-5-7-13/h8-11,13H,3-7H2,1-2H3/b16-10-. The van der Waals surface area contributed by atoms with Crippen LogP contribution in [0.1, 0.15) is 37.7 Å². The largest absolute Gasteiger partial charge is 0.497 e. The third-order valence-electron chi connectivity index (χ3n) is 4.49. The molecule has 1 saturated carbocycles. The van der Waals surface area contributed by atoms with Gasteiger partial charge in [-0.25, -0.2) is 0 Å². The number of rotatable bonds is 4. The average molecular weight is 364 g/mol. The molecule has 2 fully saturated rings. The van der Waals surface area contributed by atoms with E-state index in [0.717, 1.165) is 24.2 Å². The molecule has 3 rings (SSSR count). The van der Waals surface area contributed by atoms with Gasteiger partial charge >= 0.3 is 0 Å². The van der Waals surface area contributed by atoms with Crippen molar-refractivity contribution in [2.75, 3.05) is 14.2 Å². The van der Waals surface area contributed by atoms with Gasteiger partial charge in [0.05, 0.1) is 19.1 Å². The molecule has 4 nitrogen and oxygen atoms in total. The Hall–Kier alpha value is -1.53. The van der Waals surface area contributed by atoms with Gasteiger partial charge in [0.25, 0.3) is 5.91 Å². The third kappa shape index (κ3) is 3.44. The number of nitrogens with zero attached hydrogens (tertiary/aromatic N) is 1. The highest BCUT2D eigenvalue weighted by atomic mass is 32.2. The fourth-order valence-electron chi connectivity index (χ4n) is 3.21. The second-order valence-electron chi connectivity index (χ2n) is 5.95. The number of carbonyl (C=O) groups excluding carboxylic acids is 1. The van der Waals surface area contributed by atoms with E-state index in [4.69, 9.17) is 21.7 Å². The van der Waals surface area contributed by atoms with Crippen molar-refractivity contribution in [2.45, 2.75) is 38.1 Å². The van der Waals surface area contributed by atoms with Gasteiger partial charge in [0.1, 0.15) is 15.8 Å². The smallest absolute Gasteiger partial charge is 0.266 e. The molecule has 1 aliphatic carbocycles. The first-order valence-corrected chi connectivity index (χ1v) is 9.35. The molecule has 0 unspecified atom stereocenters. The van der Waals surface area contributed by atoms with E-state index in [2.05, 4.69) is 0 Å². The molecule has 1 amide bonds. The number of thioether (sulfide) groups is 1. The van der Waals surface area contributed by atoms with E-state index in [-0.39, 0.29) is 11.9 Å². The molecule has 1 saturated heterocycles. The SMILES string of the molecule is COc1ccc(/C=C2\SC(=S)N(C3CCCCC3)C2=O)c(OC)c1. The Bertz CT molecular complexity index is 681. The van der Waals surface area contributed by atoms with Crippen LogP contribution in [-0.2, 0) is 4.79 Å². The van der Waals surface area contributed by atoms with Crippen molar-refractivity contribution in [3.63, 3.8) is 0 Å². The molecule has 0 spiro atoms. The summed E-state index contributed by atoms with van der Waals surface area (Å²) in [6, 6.07) is 5.82. The molecule has 0 bridgehead atoms. The lowest BCUT2D eigenvalue weighted by atomic mass is 9.94. The van der Waals surface area contributed by atoms with E-state index in [1.54, 1.807) is 14.2 Å². The number of hydrogen-bond donors (Lipinski definition) is 0. The summed E-state index contributed by atoms with van der Waals surface area (Å²) in [6.07, 6.45) is 7.56. The highest BCUT2D eigenvalue weighted by Gasteiger charge is 2.37. The van der Waals surface area contributed by atoms with Gasteiger partial charge < -0.3 is 9.47 Å². The van der Waals surface area contributed by atoms with E-state index in [1.165, 1.54) is 31.0 Å². The maximum Gasteiger partial charge on any atom is 0.266 e. The van der Waals surface area contributed by atoms with Crippen LogP contribution in [0.3, 0.4) is 0 Å². The second-order valence-corrected chi connectivity index (χ2v) is 7.63. The third-order valence-corrected chi connectivity index (χ3v) is 5.82. The summed E-state index contributed by atoms with van der Waals surface area (Å²) in [5.41, 5.74) is 0.849. The molecular weight excluding hydrogens is 342 g/mol. The second kappa shape index (κ2) is 7.57. The Morgan fingerprint density at radius 2 is 1.96 bits per heavy atom. The maximum absolute atomic E-state index is 12.8. The van der Waals surface area contributed by atoms with Crippen LogP contribution in [0.2, 0.25) is 0 Å². The number of carbonyl (C=O) groups is 1. The molecule has 1 heterocycles. The van der Waals surface area contributed by atoms with Gasteiger partial charge in [-0.15, -0.1) is 0 Å². The van der Waals surface area contributed by atoms with E-state index in [1.807, 2.05) is 29.2 Å². The topological polar surface area (TPSA) is 38.8 Å². The predicted octanol–water partition coefficient (Wildman–Crippen LogP) is 4.24. The first-order chi connectivity index (χ1) is 11.6. The summed E-state index contributed by atoms with van der Waals surface area (Å²) >= 11 is 6.85. The van der Waals surface area contributed by atoms with E-state index >= 15 is 0 Å². The van der Waals surface area contributed by atoms with Crippen molar-refractivity contribution in [1.29, 1.82) is 0 Å². The average Bonchev–Trinajstić information content (AvgIpc) is 2.89. The quantitative estimate of drug-likeness (QED) is 0.591. The van der Waals surface area contributed by atoms with Crippen molar-refractivity contribution in [1.82, 2.24) is 4.90 Å². The van der Waals surface area contributed by atoms with Crippen molar-refractivity contribution in [3.05, 3.63) is 28.7 Å². The Labute approximate surface area is 152 Å². The molecule has 0 atom stereocenters. The number of methoxy groups -OCH3 is 2. The molecule has 1 aliphatic heterocycles. The lowest BCUT2D eigenvalue weighted by Crippen LogP contribution is -2.39. The highest BCUT2D eigenvalue weighted by molar-refractivity contribution is 8.26. The number of benzene rings is 1. The lowest BCUT2D eigenvalue weighted by Gasteiger charge is -2.29. The summed E-state index contributed by atoms with van der Waals surface area (Å²) in [5.74, 6) is 1.42. The molecule has 2 aliphatic rings. The van der Waals surface area contributed by atoms with Gasteiger partial charge in [-0.05, 0) is 31.1 Å². The Balaban J connectivity index is 1.86. The number of amides is 1. The highest BCUT2D eigenvalue weighted by Crippen LogP contribution is 2.38. The summed E-state index contributed by atoms with van der Waals surface area (Å²) in [6.45, 7) is 0. The molecule has 0 aromatic heterocycles. The van der Waals surface area contributed by atoms with Crippen LogP contribution in [0.15, 0.2) is 23.1 Å². The molecule has 1 aromatic carbocycles. The van der Waals surface area contributed by atoms with Crippen molar-refractivity contribution in [3.8, 4) is 11.5 Å². The Morgan fingerprint density at radius 1 is 1.21 bits per heavy atom. The molecule has 6 heteroatoms. The Morgan fingerprint density at radius 3 is 2.62 bits per heavy atom. The zero-order valence-corrected chi connectivity index (χ0v) is 15.5. The van der Waals surface area contributed by atoms with Gasteiger partial charge in [-0.3, -0.25) is 9.69 Å². The van der Waals surface area contributed by atoms with Crippen molar-refractivity contribution in [2.24, 2.45) is 0 Å². The van der Waals surface area contributed by atoms with Crippen molar-refractivity contribution < 1.29 is 14.3 Å². The first-order valence-electron chi connectivity index (χ1n) is 8.13. The van der Waals surface area contributed by atoms with Gasteiger partial charge in [-0.1, -0.05) is 43.2 Å². The van der Waals surface area contributed by atoms with Crippen molar-refractivity contribution >= 4 is 40.3 Å². The molecule has 1 aromatic rings. The maximum atomic E-state index is 12.8. The fraction of sp³-hybridized carbons (Fsp3) is 0.444. The molecule has 24 heavy (non-hydrogen) atoms. The number of thiocarbonyl (C=S) groups is 1. The minimum absolute atomic E-state index is 0.0229. The predicted molar refractivity (Wildman–Crippen MR) is 101 cm³/mol. The van der Waals surface area contributed by atoms with E-state index in [9.17, 15) is 4.79 Å². The summed E-state index contributed by atoms with van der Waals surface area (Å²) in [4.78, 5) is 15.3. The molecule has 0 N–H and O–H groups in total. The minimum atomic E-state index is 0.0229. The summed E-state index contributed by atoms with van der Waals surface area (Å²) in [5, 5.41) is 0. The number of ether oxygens (including phenoxy) is 2. The lowest BCUT2D eigenvalue weighted by molar-refractivity contribution is -0.124. The fourth-order valence-corrected chi connectivity index (χ4v) is 4.60. The monoisotopic (exact) mass is 363 g/mol. The minimum Gasteiger partial charge on any atom is -0.497 e. The molecular formula is C18H21NO3S2. The summed E-state index contributed by atoms with van der Waals surface area (Å²) in [7, 11) is 3.23. The van der Waals surface area contributed by atoms with E-state index < -0.39 is 0 Å². The van der Waals surface area contributed by atoms with Crippen LogP contribution in [0.5, 0.6) is 11.5 Å². The zero-order chi connectivity index (χ0) is 17.1. The number of hydrogen-bond acceptors (Lipinski definition) is 5. The van der Waals surface area contributed by atoms with Crippen LogP contribution in [0.4, 0.5) is 0 Å². The molecule has 128 valence electrons. The van der Waals surface area contributed by atoms with Crippen LogP contribution in [-0.4, -0.2) is 35.4 Å². The van der Waals surface area contributed by atoms with Gasteiger partial charge in [0, 0.05) is 17.7 Å². The first kappa shape index (κ1) is 17.3. The van der Waals surface area contributed by atoms with Gasteiger partial charge in [0.15, 0.2) is 0 Å². The van der Waals surface area contributed by atoms with Gasteiger partial charge in [0.2, 0.25) is 0 Å². The Kier molecular flexibility index (Phi) is 5.46. The zero-order valence-electron chi connectivity index (χ0n) is 13.9. The van der Waals surface area contributed by atoms with Crippen LogP contribution >= 0.6 is 24.0 Å². The molecule has 0 radical (unpaired) electrons. The summed E-state index contributed by atoms with van der Waals surface area (Å²) < 4.78 is 11.3. The van der Waals surface area contributed by atoms with Gasteiger partial charge in [-0.2, -0.15) is 0 Å². The van der Waals surface area contributed by atoms with Crippen LogP contribution in [0, 0.1) is 0 Å². The van der Waals surface area contributed by atoms with E-state index in [0.29, 0.717) is 15.0 Å². The normalized spacial score (nSPS) is 20.8.